The van der Waals surface area contributed by atoms with E-state index in [9.17, 15) is 4.79 Å². The molecule has 0 aromatic carbocycles. The Morgan fingerprint density at radius 3 is 2.13 bits per heavy atom. The summed E-state index contributed by atoms with van der Waals surface area (Å²) >= 11 is 0. The first-order chi connectivity index (χ1) is 7.00. The maximum atomic E-state index is 10.5. The Labute approximate surface area is 91.9 Å². The first-order valence-corrected chi connectivity index (χ1v) is 5.69. The Morgan fingerprint density at radius 1 is 1.20 bits per heavy atom. The van der Waals surface area contributed by atoms with Crippen molar-refractivity contribution in [1.82, 2.24) is 9.80 Å². The summed E-state index contributed by atoms with van der Waals surface area (Å²) in [5.41, 5.74) is 0. The molecule has 0 aromatic heterocycles. The summed E-state index contributed by atoms with van der Waals surface area (Å²) in [4.78, 5) is 15.0. The van der Waals surface area contributed by atoms with Gasteiger partial charge in [0.1, 0.15) is 0 Å². The van der Waals surface area contributed by atoms with E-state index < -0.39 is 5.97 Å². The first-order valence-electron chi connectivity index (χ1n) is 5.69. The number of aliphatic carboxylic acids is 1. The third-order valence-corrected chi connectivity index (χ3v) is 3.31. The van der Waals surface area contributed by atoms with Crippen molar-refractivity contribution in [2.24, 2.45) is 5.92 Å². The number of rotatable bonds is 4. The lowest BCUT2D eigenvalue weighted by Crippen LogP contribution is -2.51. The van der Waals surface area contributed by atoms with E-state index in [2.05, 4.69) is 25.7 Å². The second-order valence-corrected chi connectivity index (χ2v) is 4.69. The lowest BCUT2D eigenvalue weighted by atomic mass is 10.0. The van der Waals surface area contributed by atoms with E-state index in [1.807, 2.05) is 4.90 Å². The fourth-order valence-corrected chi connectivity index (χ4v) is 1.94. The molecule has 4 nitrogen and oxygen atoms in total. The number of carboxylic acid groups (broad SMARTS) is 1. The molecule has 1 heterocycles. The summed E-state index contributed by atoms with van der Waals surface area (Å²) in [6.45, 7) is 10.6. The predicted molar refractivity (Wildman–Crippen MR) is 59.9 cm³/mol. The zero-order chi connectivity index (χ0) is 11.4. The molecule has 0 amide bonds. The molecule has 0 aliphatic carbocycles. The quantitative estimate of drug-likeness (QED) is 0.749. The monoisotopic (exact) mass is 214 g/mol. The Kier molecular flexibility index (Phi) is 4.54. The van der Waals surface area contributed by atoms with Gasteiger partial charge in [-0.3, -0.25) is 14.6 Å². The Morgan fingerprint density at radius 2 is 1.73 bits per heavy atom. The highest BCUT2D eigenvalue weighted by molar-refractivity contribution is 5.69. The largest absolute Gasteiger partial charge is 0.480 e. The number of nitrogens with zero attached hydrogens (tertiary/aromatic N) is 2. The van der Waals surface area contributed by atoms with Crippen LogP contribution in [0.25, 0.3) is 0 Å². The second kappa shape index (κ2) is 5.47. The van der Waals surface area contributed by atoms with Crippen LogP contribution in [0.3, 0.4) is 0 Å². The molecule has 1 saturated heterocycles. The Bertz CT molecular complexity index is 211. The van der Waals surface area contributed by atoms with Crippen molar-refractivity contribution < 1.29 is 9.90 Å². The van der Waals surface area contributed by atoms with Gasteiger partial charge in [-0.25, -0.2) is 0 Å². The summed E-state index contributed by atoms with van der Waals surface area (Å²) < 4.78 is 0. The molecule has 0 aromatic rings. The molecular weight excluding hydrogens is 192 g/mol. The fourth-order valence-electron chi connectivity index (χ4n) is 1.94. The van der Waals surface area contributed by atoms with Crippen LogP contribution in [0.1, 0.15) is 20.8 Å². The standard InChI is InChI=1S/C11H22N2O2/c1-9(2)10(3)13-6-4-12(5-7-13)8-11(14)15/h9-10H,4-8H2,1-3H3,(H,14,15). The molecule has 1 N–H and O–H groups in total. The second-order valence-electron chi connectivity index (χ2n) is 4.69. The van der Waals surface area contributed by atoms with E-state index in [0.717, 1.165) is 26.2 Å². The Hall–Kier alpha value is -0.610. The number of hydrogen-bond donors (Lipinski definition) is 1. The van der Waals surface area contributed by atoms with Gasteiger partial charge in [0.05, 0.1) is 6.54 Å². The third-order valence-electron chi connectivity index (χ3n) is 3.31. The van der Waals surface area contributed by atoms with Crippen molar-refractivity contribution in [3.8, 4) is 0 Å². The SMILES string of the molecule is CC(C)C(C)N1CCN(CC(=O)O)CC1. The van der Waals surface area contributed by atoms with Gasteiger partial charge in [-0.1, -0.05) is 13.8 Å². The van der Waals surface area contributed by atoms with Gasteiger partial charge in [-0.05, 0) is 12.8 Å². The van der Waals surface area contributed by atoms with Gasteiger partial charge in [0.25, 0.3) is 0 Å². The highest BCUT2D eigenvalue weighted by Crippen LogP contribution is 2.12. The van der Waals surface area contributed by atoms with Crippen LogP contribution >= 0.6 is 0 Å². The number of hydrogen-bond acceptors (Lipinski definition) is 3. The number of carboxylic acids is 1. The van der Waals surface area contributed by atoms with E-state index in [0.29, 0.717) is 12.0 Å². The van der Waals surface area contributed by atoms with Gasteiger partial charge in [0.2, 0.25) is 0 Å². The van der Waals surface area contributed by atoms with Crippen LogP contribution in [0, 0.1) is 5.92 Å². The van der Waals surface area contributed by atoms with Crippen LogP contribution in [-0.2, 0) is 4.79 Å². The topological polar surface area (TPSA) is 43.8 Å². The van der Waals surface area contributed by atoms with Gasteiger partial charge < -0.3 is 5.11 Å². The maximum Gasteiger partial charge on any atom is 0.317 e. The number of carbonyl (C=O) groups is 1. The van der Waals surface area contributed by atoms with Gasteiger partial charge in [-0.2, -0.15) is 0 Å². The lowest BCUT2D eigenvalue weighted by Gasteiger charge is -2.38. The molecule has 0 radical (unpaired) electrons. The highest BCUT2D eigenvalue weighted by atomic mass is 16.4. The summed E-state index contributed by atoms with van der Waals surface area (Å²) in [5, 5.41) is 8.67. The van der Waals surface area contributed by atoms with Gasteiger partial charge in [0, 0.05) is 32.2 Å². The van der Waals surface area contributed by atoms with Gasteiger partial charge in [0.15, 0.2) is 0 Å². The summed E-state index contributed by atoms with van der Waals surface area (Å²) in [6, 6.07) is 0.594. The normalized spacial score (nSPS) is 21.9. The zero-order valence-electron chi connectivity index (χ0n) is 9.94. The molecule has 4 heteroatoms. The molecule has 15 heavy (non-hydrogen) atoms. The molecule has 0 bridgehead atoms. The predicted octanol–water partition coefficient (Wildman–Crippen LogP) is 0.733. The van der Waals surface area contributed by atoms with E-state index >= 15 is 0 Å². The maximum absolute atomic E-state index is 10.5. The summed E-state index contributed by atoms with van der Waals surface area (Å²) in [6.07, 6.45) is 0. The van der Waals surface area contributed by atoms with Crippen LogP contribution in [-0.4, -0.2) is 59.6 Å². The minimum atomic E-state index is -0.722. The highest BCUT2D eigenvalue weighted by Gasteiger charge is 2.23. The molecule has 1 aliphatic heterocycles. The molecule has 1 aliphatic rings. The van der Waals surface area contributed by atoms with Crippen LogP contribution in [0.4, 0.5) is 0 Å². The molecule has 1 atom stereocenters. The summed E-state index contributed by atoms with van der Waals surface area (Å²) in [5.74, 6) is -0.0589. The van der Waals surface area contributed by atoms with Crippen molar-refractivity contribution in [2.45, 2.75) is 26.8 Å². The summed E-state index contributed by atoms with van der Waals surface area (Å²) in [7, 11) is 0. The van der Waals surface area contributed by atoms with Crippen molar-refractivity contribution in [3.63, 3.8) is 0 Å². The molecule has 1 fully saturated rings. The van der Waals surface area contributed by atoms with E-state index in [1.54, 1.807) is 0 Å². The molecule has 0 saturated carbocycles. The fraction of sp³-hybridized carbons (Fsp3) is 0.909. The average molecular weight is 214 g/mol. The van der Waals surface area contributed by atoms with Crippen molar-refractivity contribution in [3.05, 3.63) is 0 Å². The minimum Gasteiger partial charge on any atom is -0.480 e. The minimum absolute atomic E-state index is 0.184. The number of piperazine rings is 1. The van der Waals surface area contributed by atoms with E-state index in [-0.39, 0.29) is 6.54 Å². The first kappa shape index (κ1) is 12.5. The molecule has 1 unspecified atom stereocenters. The van der Waals surface area contributed by atoms with Crippen LogP contribution in [0.2, 0.25) is 0 Å². The zero-order valence-corrected chi connectivity index (χ0v) is 9.94. The average Bonchev–Trinajstić information content (AvgIpc) is 2.17. The van der Waals surface area contributed by atoms with E-state index in [4.69, 9.17) is 5.11 Å². The van der Waals surface area contributed by atoms with Crippen molar-refractivity contribution >= 4 is 5.97 Å². The molecular formula is C11H22N2O2. The van der Waals surface area contributed by atoms with Crippen molar-refractivity contribution in [1.29, 1.82) is 0 Å². The molecule has 1 rings (SSSR count). The smallest absolute Gasteiger partial charge is 0.317 e. The van der Waals surface area contributed by atoms with Crippen LogP contribution < -0.4 is 0 Å². The molecule has 0 spiro atoms. The van der Waals surface area contributed by atoms with Crippen LogP contribution in [0.5, 0.6) is 0 Å². The van der Waals surface area contributed by atoms with Crippen LogP contribution in [0.15, 0.2) is 0 Å². The van der Waals surface area contributed by atoms with Gasteiger partial charge in [-0.15, -0.1) is 0 Å². The lowest BCUT2D eigenvalue weighted by molar-refractivity contribution is -0.138. The van der Waals surface area contributed by atoms with Gasteiger partial charge >= 0.3 is 5.97 Å². The van der Waals surface area contributed by atoms with Crippen molar-refractivity contribution in [2.75, 3.05) is 32.7 Å². The Balaban J connectivity index is 2.32. The third kappa shape index (κ3) is 3.80. The van der Waals surface area contributed by atoms with E-state index in [1.165, 1.54) is 0 Å². The molecule has 88 valence electrons.